The van der Waals surface area contributed by atoms with Crippen molar-refractivity contribution in [3.8, 4) is 0 Å². The summed E-state index contributed by atoms with van der Waals surface area (Å²) < 4.78 is 4.59. The Balaban J connectivity index is 2.98. The lowest BCUT2D eigenvalue weighted by Crippen LogP contribution is -2.09. The van der Waals surface area contributed by atoms with E-state index in [0.29, 0.717) is 6.42 Å². The second kappa shape index (κ2) is 6.01. The van der Waals surface area contributed by atoms with Gasteiger partial charge in [-0.25, -0.2) is 0 Å². The standard InChI is InChI=1S/C15H22O3/c1-9-8-10(2)12(4)15(11(9)3)13(16)6-7-14(17)18-5/h8,13,16H,6-7H2,1-5H3. The molecule has 18 heavy (non-hydrogen) atoms. The molecule has 1 aromatic carbocycles. The fourth-order valence-electron chi connectivity index (χ4n) is 2.25. The van der Waals surface area contributed by atoms with Crippen molar-refractivity contribution in [1.29, 1.82) is 0 Å². The number of benzene rings is 1. The number of aliphatic hydroxyl groups excluding tert-OH is 1. The van der Waals surface area contributed by atoms with Gasteiger partial charge >= 0.3 is 5.97 Å². The number of aliphatic hydroxyl groups is 1. The lowest BCUT2D eigenvalue weighted by atomic mass is 9.89. The molecule has 1 rings (SSSR count). The van der Waals surface area contributed by atoms with E-state index in [1.165, 1.54) is 18.2 Å². The molecule has 0 aliphatic heterocycles. The van der Waals surface area contributed by atoms with Crippen LogP contribution in [0.1, 0.15) is 46.8 Å². The Morgan fingerprint density at radius 1 is 1.22 bits per heavy atom. The molecule has 0 spiro atoms. The first-order valence-electron chi connectivity index (χ1n) is 6.20. The average Bonchev–Trinajstić information content (AvgIpc) is 2.33. The summed E-state index contributed by atoms with van der Waals surface area (Å²) >= 11 is 0. The first-order chi connectivity index (χ1) is 8.38. The van der Waals surface area contributed by atoms with Crippen LogP contribution in [0, 0.1) is 27.7 Å². The van der Waals surface area contributed by atoms with Crippen molar-refractivity contribution in [3.63, 3.8) is 0 Å². The summed E-state index contributed by atoms with van der Waals surface area (Å²) in [5.74, 6) is -0.284. The van der Waals surface area contributed by atoms with Gasteiger partial charge in [-0.05, 0) is 61.9 Å². The van der Waals surface area contributed by atoms with E-state index in [9.17, 15) is 9.90 Å². The Bertz CT molecular complexity index is 423. The zero-order chi connectivity index (χ0) is 13.9. The zero-order valence-electron chi connectivity index (χ0n) is 11.8. The molecule has 0 aromatic heterocycles. The van der Waals surface area contributed by atoms with Crippen molar-refractivity contribution in [2.75, 3.05) is 7.11 Å². The summed E-state index contributed by atoms with van der Waals surface area (Å²) in [5, 5.41) is 10.3. The molecule has 1 atom stereocenters. The molecule has 0 aliphatic rings. The van der Waals surface area contributed by atoms with Gasteiger partial charge in [0.15, 0.2) is 0 Å². The van der Waals surface area contributed by atoms with Gasteiger partial charge in [0.2, 0.25) is 0 Å². The second-order valence-corrected chi connectivity index (χ2v) is 4.80. The Hall–Kier alpha value is -1.35. The van der Waals surface area contributed by atoms with Crippen molar-refractivity contribution in [1.82, 2.24) is 0 Å². The van der Waals surface area contributed by atoms with Crippen molar-refractivity contribution < 1.29 is 14.6 Å². The largest absolute Gasteiger partial charge is 0.469 e. The van der Waals surface area contributed by atoms with Gasteiger partial charge in [0, 0.05) is 6.42 Å². The number of carbonyl (C=O) groups excluding carboxylic acids is 1. The van der Waals surface area contributed by atoms with Crippen LogP contribution in [0.25, 0.3) is 0 Å². The molecule has 0 fully saturated rings. The summed E-state index contributed by atoms with van der Waals surface area (Å²) in [7, 11) is 1.36. The van der Waals surface area contributed by atoms with Gasteiger partial charge in [-0.3, -0.25) is 4.79 Å². The molecule has 0 amide bonds. The number of hydrogen-bond acceptors (Lipinski definition) is 3. The predicted molar refractivity (Wildman–Crippen MR) is 71.6 cm³/mol. The summed E-state index contributed by atoms with van der Waals surface area (Å²) in [6.07, 6.45) is 0.0311. The first kappa shape index (κ1) is 14.7. The Morgan fingerprint density at radius 2 is 1.72 bits per heavy atom. The van der Waals surface area contributed by atoms with Crippen molar-refractivity contribution in [2.45, 2.75) is 46.6 Å². The molecule has 0 saturated carbocycles. The number of esters is 1. The highest BCUT2D eigenvalue weighted by Gasteiger charge is 2.17. The normalized spacial score (nSPS) is 12.3. The minimum absolute atomic E-state index is 0.240. The molecule has 1 N–H and O–H groups in total. The third-order valence-electron chi connectivity index (χ3n) is 3.61. The highest BCUT2D eigenvalue weighted by Crippen LogP contribution is 2.29. The number of hydrogen-bond donors (Lipinski definition) is 1. The Kier molecular flexibility index (Phi) is 4.91. The maximum atomic E-state index is 11.1. The highest BCUT2D eigenvalue weighted by molar-refractivity contribution is 5.69. The van der Waals surface area contributed by atoms with Crippen molar-refractivity contribution in [2.24, 2.45) is 0 Å². The van der Waals surface area contributed by atoms with Gasteiger partial charge in [-0.1, -0.05) is 6.07 Å². The molecule has 1 aromatic rings. The lowest BCUT2D eigenvalue weighted by Gasteiger charge is -2.20. The van der Waals surface area contributed by atoms with Gasteiger partial charge in [-0.15, -0.1) is 0 Å². The van der Waals surface area contributed by atoms with Crippen molar-refractivity contribution >= 4 is 5.97 Å². The average molecular weight is 250 g/mol. The quantitative estimate of drug-likeness (QED) is 0.836. The third-order valence-corrected chi connectivity index (χ3v) is 3.61. The highest BCUT2D eigenvalue weighted by atomic mass is 16.5. The molecule has 0 bridgehead atoms. The zero-order valence-corrected chi connectivity index (χ0v) is 11.8. The maximum Gasteiger partial charge on any atom is 0.305 e. The number of aryl methyl sites for hydroxylation is 2. The summed E-state index contributed by atoms with van der Waals surface area (Å²) in [6.45, 7) is 8.10. The van der Waals surface area contributed by atoms with E-state index in [0.717, 1.165) is 16.7 Å². The predicted octanol–water partition coefficient (Wildman–Crippen LogP) is 2.91. The smallest absolute Gasteiger partial charge is 0.305 e. The van der Waals surface area contributed by atoms with Crippen LogP contribution in [-0.4, -0.2) is 18.2 Å². The molecule has 0 saturated heterocycles. The Morgan fingerprint density at radius 3 is 2.17 bits per heavy atom. The summed E-state index contributed by atoms with van der Waals surface area (Å²) in [4.78, 5) is 11.1. The van der Waals surface area contributed by atoms with E-state index in [1.54, 1.807) is 0 Å². The molecular weight excluding hydrogens is 228 g/mol. The van der Waals surface area contributed by atoms with E-state index in [1.807, 2.05) is 27.7 Å². The van der Waals surface area contributed by atoms with Gasteiger partial charge in [0.05, 0.1) is 13.2 Å². The number of rotatable bonds is 4. The van der Waals surface area contributed by atoms with E-state index in [4.69, 9.17) is 0 Å². The van der Waals surface area contributed by atoms with Crippen LogP contribution in [0.5, 0.6) is 0 Å². The van der Waals surface area contributed by atoms with E-state index < -0.39 is 6.10 Å². The van der Waals surface area contributed by atoms with E-state index >= 15 is 0 Å². The van der Waals surface area contributed by atoms with E-state index in [2.05, 4.69) is 10.8 Å². The SMILES string of the molecule is COC(=O)CCC(O)c1c(C)c(C)cc(C)c1C. The fraction of sp³-hybridized carbons (Fsp3) is 0.533. The molecule has 3 nitrogen and oxygen atoms in total. The van der Waals surface area contributed by atoms with Crippen LogP contribution >= 0.6 is 0 Å². The molecule has 0 radical (unpaired) electrons. The molecule has 0 aliphatic carbocycles. The van der Waals surface area contributed by atoms with Crippen LogP contribution in [0.2, 0.25) is 0 Å². The fourth-order valence-corrected chi connectivity index (χ4v) is 2.25. The van der Waals surface area contributed by atoms with Crippen molar-refractivity contribution in [3.05, 3.63) is 33.9 Å². The van der Waals surface area contributed by atoms with Crippen LogP contribution in [0.3, 0.4) is 0 Å². The van der Waals surface area contributed by atoms with Crippen LogP contribution < -0.4 is 0 Å². The molecule has 1 unspecified atom stereocenters. The minimum Gasteiger partial charge on any atom is -0.469 e. The van der Waals surface area contributed by atoms with Gasteiger partial charge < -0.3 is 9.84 Å². The van der Waals surface area contributed by atoms with Gasteiger partial charge in [-0.2, -0.15) is 0 Å². The second-order valence-electron chi connectivity index (χ2n) is 4.80. The molecule has 3 heteroatoms. The molecular formula is C15H22O3. The third kappa shape index (κ3) is 3.10. The summed E-state index contributed by atoms with van der Waals surface area (Å²) in [6, 6.07) is 2.13. The molecule has 100 valence electrons. The van der Waals surface area contributed by atoms with Gasteiger partial charge in [0.1, 0.15) is 0 Å². The molecule has 0 heterocycles. The van der Waals surface area contributed by atoms with Crippen LogP contribution in [-0.2, 0) is 9.53 Å². The number of methoxy groups -OCH3 is 1. The monoisotopic (exact) mass is 250 g/mol. The topological polar surface area (TPSA) is 46.5 Å². The van der Waals surface area contributed by atoms with Crippen LogP contribution in [0.4, 0.5) is 0 Å². The minimum atomic E-state index is -0.609. The van der Waals surface area contributed by atoms with Gasteiger partial charge in [0.25, 0.3) is 0 Å². The number of ether oxygens (including phenoxy) is 1. The lowest BCUT2D eigenvalue weighted by molar-refractivity contribution is -0.141. The maximum absolute atomic E-state index is 11.1. The van der Waals surface area contributed by atoms with E-state index in [-0.39, 0.29) is 12.4 Å². The number of carbonyl (C=O) groups is 1. The summed E-state index contributed by atoms with van der Waals surface area (Å²) in [5.41, 5.74) is 5.51. The van der Waals surface area contributed by atoms with Crippen LogP contribution in [0.15, 0.2) is 6.07 Å². The first-order valence-corrected chi connectivity index (χ1v) is 6.20. The Labute approximate surface area is 109 Å².